The standard InChI is InChI=1S/C21H22FN5O2/c1-12-11-28-19-10-27-20-17(8-24-27)14(3)23-7-13(2)29-18-5-4-16(22)6-15(18)9-26(12)21(19)25-20/h4-6,8,10,12-13,23H,3,7,9,11H2,1-2H3/t12-,13+/m1/s1. The average molecular weight is 395 g/mol. The molecule has 7 nitrogen and oxygen atoms in total. The smallest absolute Gasteiger partial charge is 0.180 e. The molecule has 4 heterocycles. The molecule has 29 heavy (non-hydrogen) atoms. The van der Waals surface area contributed by atoms with Crippen LogP contribution in [0, 0.1) is 5.82 Å². The van der Waals surface area contributed by atoms with Gasteiger partial charge in [-0.25, -0.2) is 13.9 Å². The van der Waals surface area contributed by atoms with E-state index in [4.69, 9.17) is 14.5 Å². The van der Waals surface area contributed by atoms with Crippen molar-refractivity contribution in [3.8, 4) is 11.5 Å². The zero-order valence-electron chi connectivity index (χ0n) is 16.4. The summed E-state index contributed by atoms with van der Waals surface area (Å²) in [5.74, 6) is 1.72. The van der Waals surface area contributed by atoms with Gasteiger partial charge in [-0.2, -0.15) is 5.10 Å². The molecule has 3 aromatic rings. The Bertz CT molecular complexity index is 1110. The summed E-state index contributed by atoms with van der Waals surface area (Å²) < 4.78 is 27.8. The molecule has 0 spiro atoms. The molecule has 0 amide bonds. The largest absolute Gasteiger partial charge is 0.489 e. The minimum atomic E-state index is -0.293. The van der Waals surface area contributed by atoms with Crippen LogP contribution in [0.1, 0.15) is 25.0 Å². The van der Waals surface area contributed by atoms with Gasteiger partial charge in [-0.05, 0) is 32.0 Å². The molecular formula is C21H22FN5O2. The molecule has 2 aliphatic heterocycles. The van der Waals surface area contributed by atoms with E-state index in [2.05, 4.69) is 28.8 Å². The molecule has 8 heteroatoms. The fraction of sp³-hybridized carbons (Fsp3) is 0.333. The first-order valence-electron chi connectivity index (χ1n) is 9.65. The van der Waals surface area contributed by atoms with Gasteiger partial charge in [0.15, 0.2) is 17.2 Å². The SMILES string of the molecule is C=C1NC[C@H](C)Oc2ccc(F)cc2CN2c3nc4c1cnn4cc3OC[C@H]2C. The predicted molar refractivity (Wildman–Crippen MR) is 108 cm³/mol. The van der Waals surface area contributed by atoms with Crippen molar-refractivity contribution >= 4 is 17.2 Å². The number of benzene rings is 1. The molecule has 0 fully saturated rings. The van der Waals surface area contributed by atoms with E-state index >= 15 is 0 Å². The maximum Gasteiger partial charge on any atom is 0.180 e. The van der Waals surface area contributed by atoms with Crippen molar-refractivity contribution in [1.29, 1.82) is 0 Å². The zero-order valence-corrected chi connectivity index (χ0v) is 16.4. The van der Waals surface area contributed by atoms with Gasteiger partial charge in [0.05, 0.1) is 30.5 Å². The summed E-state index contributed by atoms with van der Waals surface area (Å²) in [4.78, 5) is 6.99. The van der Waals surface area contributed by atoms with Gasteiger partial charge in [-0.3, -0.25) is 0 Å². The van der Waals surface area contributed by atoms with Crippen LogP contribution in [0.3, 0.4) is 0 Å². The highest BCUT2D eigenvalue weighted by atomic mass is 19.1. The maximum absolute atomic E-state index is 14.1. The first kappa shape index (κ1) is 17.8. The minimum Gasteiger partial charge on any atom is -0.489 e. The van der Waals surface area contributed by atoms with E-state index in [0.29, 0.717) is 42.7 Å². The van der Waals surface area contributed by atoms with E-state index < -0.39 is 0 Å². The van der Waals surface area contributed by atoms with Crippen molar-refractivity contribution < 1.29 is 13.9 Å². The van der Waals surface area contributed by atoms with Gasteiger partial charge in [0.2, 0.25) is 0 Å². The van der Waals surface area contributed by atoms with E-state index in [1.54, 1.807) is 16.8 Å². The van der Waals surface area contributed by atoms with E-state index in [1.165, 1.54) is 12.1 Å². The van der Waals surface area contributed by atoms with Crippen molar-refractivity contribution in [2.75, 3.05) is 18.1 Å². The lowest BCUT2D eigenvalue weighted by Crippen LogP contribution is -2.41. The molecule has 2 atom stereocenters. The van der Waals surface area contributed by atoms with Crippen LogP contribution in [0.5, 0.6) is 11.5 Å². The van der Waals surface area contributed by atoms with Gasteiger partial charge in [0.25, 0.3) is 0 Å². The van der Waals surface area contributed by atoms with Gasteiger partial charge in [0.1, 0.15) is 24.3 Å². The number of hydrogen-bond donors (Lipinski definition) is 1. The predicted octanol–water partition coefficient (Wildman–Crippen LogP) is 3.00. The summed E-state index contributed by atoms with van der Waals surface area (Å²) in [7, 11) is 0. The third-order valence-electron chi connectivity index (χ3n) is 5.34. The molecule has 0 radical (unpaired) electrons. The fourth-order valence-electron chi connectivity index (χ4n) is 3.74. The van der Waals surface area contributed by atoms with Crippen molar-refractivity contribution in [2.24, 2.45) is 0 Å². The van der Waals surface area contributed by atoms with Crippen molar-refractivity contribution in [3.05, 3.63) is 54.1 Å². The number of fused-ring (bicyclic) bond motifs is 1. The fourth-order valence-corrected chi connectivity index (χ4v) is 3.74. The number of hydrogen-bond acceptors (Lipinski definition) is 6. The van der Waals surface area contributed by atoms with Gasteiger partial charge in [-0.1, -0.05) is 6.58 Å². The molecule has 2 aromatic heterocycles. The molecule has 150 valence electrons. The third-order valence-corrected chi connectivity index (χ3v) is 5.34. The zero-order chi connectivity index (χ0) is 20.1. The molecule has 0 saturated carbocycles. The average Bonchev–Trinajstić information content (AvgIpc) is 3.11. The Labute approximate surface area is 167 Å². The molecule has 0 aliphatic carbocycles. The number of anilines is 1. The molecule has 0 unspecified atom stereocenters. The first-order chi connectivity index (χ1) is 14.0. The lowest BCUT2D eigenvalue weighted by molar-refractivity contribution is 0.220. The summed E-state index contributed by atoms with van der Waals surface area (Å²) in [5, 5.41) is 7.70. The van der Waals surface area contributed by atoms with Crippen LogP contribution in [0.2, 0.25) is 0 Å². The van der Waals surface area contributed by atoms with Crippen LogP contribution in [0.25, 0.3) is 11.3 Å². The lowest BCUT2D eigenvalue weighted by Gasteiger charge is -2.36. The number of ether oxygens (including phenoxy) is 2. The molecular weight excluding hydrogens is 373 g/mol. The topological polar surface area (TPSA) is 63.9 Å². The van der Waals surface area contributed by atoms with E-state index in [1.807, 2.05) is 13.1 Å². The number of rotatable bonds is 0. The molecule has 5 rings (SSSR count). The van der Waals surface area contributed by atoms with Crippen LogP contribution >= 0.6 is 0 Å². The number of nitrogens with one attached hydrogen (secondary N) is 1. The Kier molecular flexibility index (Phi) is 4.08. The van der Waals surface area contributed by atoms with Gasteiger partial charge < -0.3 is 19.7 Å². The molecule has 2 bridgehead atoms. The van der Waals surface area contributed by atoms with Gasteiger partial charge in [0, 0.05) is 17.8 Å². The maximum atomic E-state index is 14.1. The summed E-state index contributed by atoms with van der Waals surface area (Å²) in [6.07, 6.45) is 3.43. The second kappa shape index (κ2) is 6.65. The highest BCUT2D eigenvalue weighted by molar-refractivity contribution is 5.75. The Morgan fingerprint density at radius 3 is 3.00 bits per heavy atom. The minimum absolute atomic E-state index is 0.0591. The normalized spacial score (nSPS) is 21.3. The van der Waals surface area contributed by atoms with Gasteiger partial charge >= 0.3 is 0 Å². The number of halogens is 1. The van der Waals surface area contributed by atoms with Crippen molar-refractivity contribution in [2.45, 2.75) is 32.5 Å². The van der Waals surface area contributed by atoms with Crippen LogP contribution in [0.4, 0.5) is 10.2 Å². The number of aromatic nitrogens is 3. The monoisotopic (exact) mass is 395 g/mol. The van der Waals surface area contributed by atoms with E-state index in [-0.39, 0.29) is 18.0 Å². The summed E-state index contributed by atoms with van der Waals surface area (Å²) in [5.41, 5.74) is 3.00. The Balaban J connectivity index is 1.70. The Morgan fingerprint density at radius 2 is 2.14 bits per heavy atom. The Morgan fingerprint density at radius 1 is 1.28 bits per heavy atom. The second-order valence-electron chi connectivity index (χ2n) is 7.58. The number of nitrogens with zero attached hydrogens (tertiary/aromatic N) is 4. The molecule has 1 N–H and O–H groups in total. The van der Waals surface area contributed by atoms with Crippen molar-refractivity contribution in [1.82, 2.24) is 19.9 Å². The highest BCUT2D eigenvalue weighted by Gasteiger charge is 2.29. The third kappa shape index (κ3) is 3.04. The van der Waals surface area contributed by atoms with Crippen LogP contribution < -0.4 is 19.7 Å². The second-order valence-corrected chi connectivity index (χ2v) is 7.58. The summed E-state index contributed by atoms with van der Waals surface area (Å²) >= 11 is 0. The van der Waals surface area contributed by atoms with Crippen LogP contribution in [-0.4, -0.2) is 39.9 Å². The first-order valence-corrected chi connectivity index (χ1v) is 9.65. The molecule has 2 aliphatic rings. The van der Waals surface area contributed by atoms with E-state index in [0.717, 1.165) is 16.8 Å². The van der Waals surface area contributed by atoms with E-state index in [9.17, 15) is 4.39 Å². The Hall–Kier alpha value is -3.29. The quantitative estimate of drug-likeness (QED) is 0.631. The summed E-state index contributed by atoms with van der Waals surface area (Å²) in [6, 6.07) is 4.70. The lowest BCUT2D eigenvalue weighted by atomic mass is 10.1. The molecule has 1 aromatic carbocycles. The highest BCUT2D eigenvalue weighted by Crippen LogP contribution is 2.36. The van der Waals surface area contributed by atoms with Crippen LogP contribution in [-0.2, 0) is 6.54 Å². The van der Waals surface area contributed by atoms with Crippen LogP contribution in [0.15, 0.2) is 37.2 Å². The summed E-state index contributed by atoms with van der Waals surface area (Å²) in [6.45, 7) is 9.68. The van der Waals surface area contributed by atoms with Gasteiger partial charge in [-0.15, -0.1) is 0 Å². The van der Waals surface area contributed by atoms with Crippen molar-refractivity contribution in [3.63, 3.8) is 0 Å². The molecule has 0 saturated heterocycles.